The number of carbonyl (C=O) groups excluding carboxylic acids is 1. The molecule has 2 aromatic rings. The summed E-state index contributed by atoms with van der Waals surface area (Å²) in [5, 5.41) is 2.99. The van der Waals surface area contributed by atoms with Gasteiger partial charge in [0.15, 0.2) is 0 Å². The van der Waals surface area contributed by atoms with E-state index in [0.29, 0.717) is 13.1 Å². The minimum atomic E-state index is -0.152. The second-order valence-corrected chi connectivity index (χ2v) is 7.00. The second-order valence-electron chi connectivity index (χ2n) is 7.00. The SMILES string of the molecule is COC(CNC(=O)N(C)Cc1ccccc1N1CCCC1)c1ccccc1. The molecule has 5 nitrogen and oxygen atoms in total. The number of methoxy groups -OCH3 is 1. The van der Waals surface area contributed by atoms with E-state index in [9.17, 15) is 4.79 Å². The van der Waals surface area contributed by atoms with E-state index >= 15 is 0 Å². The predicted octanol–water partition coefficient (Wildman–Crippen LogP) is 3.82. The van der Waals surface area contributed by atoms with Crippen LogP contribution in [0.2, 0.25) is 0 Å². The summed E-state index contributed by atoms with van der Waals surface area (Å²) in [6.45, 7) is 3.22. The monoisotopic (exact) mass is 367 g/mol. The van der Waals surface area contributed by atoms with Crippen molar-refractivity contribution in [3.8, 4) is 0 Å². The molecule has 0 bridgehead atoms. The number of nitrogens with one attached hydrogen (secondary N) is 1. The van der Waals surface area contributed by atoms with Gasteiger partial charge in [0.05, 0.1) is 6.10 Å². The summed E-state index contributed by atoms with van der Waals surface area (Å²) >= 11 is 0. The maximum atomic E-state index is 12.6. The van der Waals surface area contributed by atoms with E-state index < -0.39 is 0 Å². The van der Waals surface area contributed by atoms with Gasteiger partial charge >= 0.3 is 6.03 Å². The lowest BCUT2D eigenvalue weighted by molar-refractivity contribution is 0.102. The Kier molecular flexibility index (Phi) is 6.71. The van der Waals surface area contributed by atoms with Crippen molar-refractivity contribution in [2.24, 2.45) is 0 Å². The van der Waals surface area contributed by atoms with Crippen molar-refractivity contribution >= 4 is 11.7 Å². The van der Waals surface area contributed by atoms with Gasteiger partial charge in [-0.15, -0.1) is 0 Å². The molecule has 1 heterocycles. The molecule has 3 rings (SSSR count). The molecule has 144 valence electrons. The fraction of sp³-hybridized carbons (Fsp3) is 0.409. The number of nitrogens with zero attached hydrogens (tertiary/aromatic N) is 2. The Labute approximate surface area is 161 Å². The maximum Gasteiger partial charge on any atom is 0.317 e. The van der Waals surface area contributed by atoms with E-state index in [1.54, 1.807) is 12.0 Å². The number of anilines is 1. The van der Waals surface area contributed by atoms with Gasteiger partial charge in [-0.1, -0.05) is 48.5 Å². The van der Waals surface area contributed by atoms with Gasteiger partial charge in [0.25, 0.3) is 0 Å². The molecule has 0 saturated carbocycles. The smallest absolute Gasteiger partial charge is 0.317 e. The Bertz CT molecular complexity index is 729. The standard InChI is InChI=1S/C22H29N3O2/c1-24(17-19-12-6-7-13-20(19)25-14-8-9-15-25)22(26)23-16-21(27-2)18-10-4-3-5-11-18/h3-7,10-13,21H,8-9,14-17H2,1-2H3,(H,23,26). The third-order valence-corrected chi connectivity index (χ3v) is 5.09. The van der Waals surface area contributed by atoms with Gasteiger partial charge in [0.2, 0.25) is 0 Å². The molecule has 1 atom stereocenters. The molecule has 1 fully saturated rings. The summed E-state index contributed by atoms with van der Waals surface area (Å²) in [6.07, 6.45) is 2.32. The van der Waals surface area contributed by atoms with Crippen LogP contribution in [0.3, 0.4) is 0 Å². The fourth-order valence-electron chi connectivity index (χ4n) is 3.56. The van der Waals surface area contributed by atoms with Crippen molar-refractivity contribution in [3.63, 3.8) is 0 Å². The molecule has 2 amide bonds. The minimum absolute atomic E-state index is 0.0933. The fourth-order valence-corrected chi connectivity index (χ4v) is 3.56. The Balaban J connectivity index is 1.58. The second kappa shape index (κ2) is 9.42. The van der Waals surface area contributed by atoms with Crippen LogP contribution in [0.15, 0.2) is 54.6 Å². The maximum absolute atomic E-state index is 12.6. The van der Waals surface area contributed by atoms with E-state index in [4.69, 9.17) is 4.74 Å². The van der Waals surface area contributed by atoms with Gasteiger partial charge < -0.3 is 19.9 Å². The van der Waals surface area contributed by atoms with Crippen LogP contribution < -0.4 is 10.2 Å². The first kappa shape index (κ1) is 19.2. The van der Waals surface area contributed by atoms with Crippen LogP contribution in [0.25, 0.3) is 0 Å². The van der Waals surface area contributed by atoms with Gasteiger partial charge in [0, 0.05) is 46.0 Å². The Morgan fingerprint density at radius 2 is 1.78 bits per heavy atom. The summed E-state index contributed by atoms with van der Waals surface area (Å²) in [6, 6.07) is 18.2. The van der Waals surface area contributed by atoms with E-state index in [1.165, 1.54) is 24.1 Å². The van der Waals surface area contributed by atoms with Gasteiger partial charge in [-0.2, -0.15) is 0 Å². The number of amides is 2. The molecule has 5 heteroatoms. The number of carbonyl (C=O) groups is 1. The van der Waals surface area contributed by atoms with E-state index in [0.717, 1.165) is 18.7 Å². The number of benzene rings is 2. The van der Waals surface area contributed by atoms with Crippen molar-refractivity contribution in [2.75, 3.05) is 38.7 Å². The molecule has 1 saturated heterocycles. The van der Waals surface area contributed by atoms with Crippen LogP contribution in [0.5, 0.6) is 0 Å². The molecule has 1 N–H and O–H groups in total. The van der Waals surface area contributed by atoms with Crippen molar-refractivity contribution in [1.29, 1.82) is 0 Å². The first-order chi connectivity index (χ1) is 13.2. The van der Waals surface area contributed by atoms with Gasteiger partial charge in [-0.3, -0.25) is 0 Å². The molecular weight excluding hydrogens is 338 g/mol. The van der Waals surface area contributed by atoms with Gasteiger partial charge in [-0.25, -0.2) is 4.79 Å². The summed E-state index contributed by atoms with van der Waals surface area (Å²) in [7, 11) is 3.50. The average Bonchev–Trinajstić information content (AvgIpc) is 3.24. The van der Waals surface area contributed by atoms with Crippen molar-refractivity contribution in [1.82, 2.24) is 10.2 Å². The molecule has 2 aromatic carbocycles. The normalized spacial score (nSPS) is 14.8. The Hall–Kier alpha value is -2.53. The number of hydrogen-bond donors (Lipinski definition) is 1. The van der Waals surface area contributed by atoms with Crippen LogP contribution in [-0.4, -0.2) is 44.7 Å². The Morgan fingerprint density at radius 1 is 1.11 bits per heavy atom. The third kappa shape index (κ3) is 5.01. The molecule has 0 spiro atoms. The number of hydrogen-bond acceptors (Lipinski definition) is 3. The number of para-hydroxylation sites is 1. The van der Waals surface area contributed by atoms with Crippen molar-refractivity contribution in [3.05, 3.63) is 65.7 Å². The summed E-state index contributed by atoms with van der Waals surface area (Å²) in [4.78, 5) is 16.7. The highest BCUT2D eigenvalue weighted by atomic mass is 16.5. The number of urea groups is 1. The summed E-state index contributed by atoms with van der Waals surface area (Å²) in [5.74, 6) is 0. The van der Waals surface area contributed by atoms with E-state index in [-0.39, 0.29) is 12.1 Å². The minimum Gasteiger partial charge on any atom is -0.375 e. The van der Waals surface area contributed by atoms with Gasteiger partial charge in [-0.05, 0) is 30.0 Å². The van der Waals surface area contributed by atoms with Crippen molar-refractivity contribution in [2.45, 2.75) is 25.5 Å². The number of ether oxygens (including phenoxy) is 1. The van der Waals surface area contributed by atoms with Crippen LogP contribution in [0, 0.1) is 0 Å². The highest BCUT2D eigenvalue weighted by Crippen LogP contribution is 2.25. The molecule has 1 unspecified atom stereocenters. The summed E-state index contributed by atoms with van der Waals surface area (Å²) in [5.41, 5.74) is 3.49. The predicted molar refractivity (Wildman–Crippen MR) is 109 cm³/mol. The molecular formula is C22H29N3O2. The molecule has 1 aliphatic heterocycles. The quantitative estimate of drug-likeness (QED) is 0.809. The highest BCUT2D eigenvalue weighted by Gasteiger charge is 2.18. The zero-order valence-electron chi connectivity index (χ0n) is 16.2. The highest BCUT2D eigenvalue weighted by molar-refractivity contribution is 5.74. The van der Waals surface area contributed by atoms with Crippen LogP contribution >= 0.6 is 0 Å². The molecule has 1 aliphatic rings. The largest absolute Gasteiger partial charge is 0.375 e. The average molecular weight is 367 g/mol. The van der Waals surface area contributed by atoms with Crippen LogP contribution in [-0.2, 0) is 11.3 Å². The van der Waals surface area contributed by atoms with E-state index in [2.05, 4.69) is 28.4 Å². The molecule has 0 aromatic heterocycles. The number of rotatable bonds is 7. The van der Waals surface area contributed by atoms with E-state index in [1.807, 2.05) is 43.4 Å². The van der Waals surface area contributed by atoms with Gasteiger partial charge in [0.1, 0.15) is 0 Å². The van der Waals surface area contributed by atoms with Crippen molar-refractivity contribution < 1.29 is 9.53 Å². The molecule has 0 aliphatic carbocycles. The topological polar surface area (TPSA) is 44.8 Å². The zero-order valence-corrected chi connectivity index (χ0v) is 16.2. The lowest BCUT2D eigenvalue weighted by atomic mass is 10.1. The Morgan fingerprint density at radius 3 is 2.48 bits per heavy atom. The molecule has 27 heavy (non-hydrogen) atoms. The lowest BCUT2D eigenvalue weighted by Crippen LogP contribution is -2.39. The van der Waals surface area contributed by atoms with Crippen LogP contribution in [0.1, 0.15) is 30.1 Å². The van der Waals surface area contributed by atoms with Crippen LogP contribution in [0.4, 0.5) is 10.5 Å². The first-order valence-corrected chi connectivity index (χ1v) is 9.58. The summed E-state index contributed by atoms with van der Waals surface area (Å²) < 4.78 is 5.53. The lowest BCUT2D eigenvalue weighted by Gasteiger charge is -2.25. The zero-order chi connectivity index (χ0) is 19.1. The molecule has 0 radical (unpaired) electrons. The first-order valence-electron chi connectivity index (χ1n) is 9.58. The third-order valence-electron chi connectivity index (χ3n) is 5.09.